The van der Waals surface area contributed by atoms with Gasteiger partial charge >= 0.3 is 0 Å². The van der Waals surface area contributed by atoms with Crippen LogP contribution in [-0.4, -0.2) is 40.4 Å². The average Bonchev–Trinajstić information content (AvgIpc) is 3.51. The van der Waals surface area contributed by atoms with Crippen LogP contribution >= 0.6 is 0 Å². The van der Waals surface area contributed by atoms with Gasteiger partial charge in [-0.2, -0.15) is 10.3 Å². The molecule has 8 nitrogen and oxygen atoms in total. The number of hydrogen-bond acceptors (Lipinski definition) is 6. The Kier molecular flexibility index (Phi) is 7.32. The highest BCUT2D eigenvalue weighted by Gasteiger charge is 2.12. The molecule has 0 aliphatic carbocycles. The van der Waals surface area contributed by atoms with Gasteiger partial charge in [-0.1, -0.05) is 51.0 Å². The Morgan fingerprint density at radius 2 is 1.72 bits per heavy atom. The molecule has 0 saturated heterocycles. The number of H-pyrrole nitrogens is 1. The number of rotatable bonds is 11. The van der Waals surface area contributed by atoms with Gasteiger partial charge in [-0.05, 0) is 47.2 Å². The molecule has 0 amide bonds. The quantitative estimate of drug-likeness (QED) is 0.377. The number of benzene rings is 1. The normalized spacial score (nSPS) is 11.2. The molecule has 8 heteroatoms. The fourth-order valence-electron chi connectivity index (χ4n) is 3.75. The third kappa shape index (κ3) is 5.25. The van der Waals surface area contributed by atoms with Crippen molar-refractivity contribution >= 4 is 0 Å². The molecule has 166 valence electrons. The molecule has 3 aromatic heterocycles. The van der Waals surface area contributed by atoms with Gasteiger partial charge in [-0.3, -0.25) is 4.98 Å². The number of tetrazole rings is 1. The molecular weight excluding hydrogens is 400 g/mol. The van der Waals surface area contributed by atoms with E-state index in [1.54, 1.807) is 12.4 Å². The fourth-order valence-corrected chi connectivity index (χ4v) is 3.75. The number of aromatic amines is 1. The lowest BCUT2D eigenvalue weighted by Gasteiger charge is -2.09. The summed E-state index contributed by atoms with van der Waals surface area (Å²) in [5.74, 6) is 2.65. The highest BCUT2D eigenvalue weighted by Crippen LogP contribution is 2.29. The van der Waals surface area contributed by atoms with Crippen LogP contribution in [0.5, 0.6) is 0 Å². The van der Waals surface area contributed by atoms with E-state index >= 15 is 0 Å². The molecule has 0 atom stereocenters. The molecule has 0 aliphatic heterocycles. The first kappa shape index (κ1) is 21.8. The van der Waals surface area contributed by atoms with Crippen molar-refractivity contribution in [2.75, 3.05) is 0 Å². The van der Waals surface area contributed by atoms with E-state index in [9.17, 15) is 0 Å². The second kappa shape index (κ2) is 10.7. The topological polar surface area (TPSA) is 98.1 Å². The van der Waals surface area contributed by atoms with Crippen LogP contribution in [0.4, 0.5) is 0 Å². The van der Waals surface area contributed by atoms with Crippen LogP contribution < -0.4 is 0 Å². The lowest BCUT2D eigenvalue weighted by molar-refractivity contribution is 0.563. The van der Waals surface area contributed by atoms with Crippen LogP contribution in [0.25, 0.3) is 22.5 Å². The Morgan fingerprint density at radius 1 is 0.906 bits per heavy atom. The number of unbranched alkanes of at least 4 members (excludes halogenated alkanes) is 2. The van der Waals surface area contributed by atoms with Crippen molar-refractivity contribution in [3.63, 3.8) is 0 Å². The Balaban J connectivity index is 1.47. The van der Waals surface area contributed by atoms with E-state index in [1.807, 2.05) is 6.07 Å². The summed E-state index contributed by atoms with van der Waals surface area (Å²) in [6.07, 6.45) is 11.1. The molecule has 0 spiro atoms. The predicted octanol–water partition coefficient (Wildman–Crippen LogP) is 4.45. The van der Waals surface area contributed by atoms with Crippen molar-refractivity contribution in [2.24, 2.45) is 0 Å². The Morgan fingerprint density at radius 3 is 2.47 bits per heavy atom. The van der Waals surface area contributed by atoms with Gasteiger partial charge in [0, 0.05) is 37.3 Å². The lowest BCUT2D eigenvalue weighted by Crippen LogP contribution is -2.08. The van der Waals surface area contributed by atoms with Gasteiger partial charge in [0.1, 0.15) is 5.82 Å². The smallest absolute Gasteiger partial charge is 0.206 e. The third-order valence-corrected chi connectivity index (χ3v) is 5.58. The van der Waals surface area contributed by atoms with Gasteiger partial charge in [0.2, 0.25) is 5.82 Å². The zero-order valence-electron chi connectivity index (χ0n) is 18.8. The summed E-state index contributed by atoms with van der Waals surface area (Å²) in [5.41, 5.74) is 4.27. The van der Waals surface area contributed by atoms with Gasteiger partial charge in [0.05, 0.1) is 0 Å². The minimum Gasteiger partial charge on any atom is -0.264 e. The van der Waals surface area contributed by atoms with Gasteiger partial charge < -0.3 is 0 Å². The maximum atomic E-state index is 4.81. The third-order valence-electron chi connectivity index (χ3n) is 5.58. The number of nitrogens with one attached hydrogen (secondary N) is 1. The van der Waals surface area contributed by atoms with E-state index in [2.05, 4.69) is 68.4 Å². The first-order chi connectivity index (χ1) is 15.8. The number of aromatic nitrogens is 8. The minimum absolute atomic E-state index is 0.543. The molecule has 32 heavy (non-hydrogen) atoms. The largest absolute Gasteiger partial charge is 0.264 e. The standard InChI is InChI=1S/C24H30N8/c1-3-5-7-22-26-23(8-6-4-2)32(29-22)16-14-18-9-11-19(12-10-18)20-13-15-25-17-21(20)24-27-30-31-28-24/h9-13,15,17H,3-8,14,16H2,1-2H3,(H,27,28,30,31). The molecule has 0 fully saturated rings. The number of pyridine rings is 1. The van der Waals surface area contributed by atoms with E-state index in [0.29, 0.717) is 5.82 Å². The fraction of sp³-hybridized carbons (Fsp3) is 0.417. The molecule has 1 aromatic carbocycles. The predicted molar refractivity (Wildman–Crippen MR) is 124 cm³/mol. The van der Waals surface area contributed by atoms with Crippen molar-refractivity contribution in [1.82, 2.24) is 40.4 Å². The summed E-state index contributed by atoms with van der Waals surface area (Å²) in [7, 11) is 0. The van der Waals surface area contributed by atoms with Gasteiger partial charge in [0.25, 0.3) is 0 Å². The lowest BCUT2D eigenvalue weighted by atomic mass is 9.99. The SMILES string of the molecule is CCCCc1nc(CCCC)n(CCc2ccc(-c3ccncc3-c3nn[nH]n3)cc2)n1. The van der Waals surface area contributed by atoms with Crippen LogP contribution in [-0.2, 0) is 25.8 Å². The monoisotopic (exact) mass is 430 g/mol. The summed E-state index contributed by atoms with van der Waals surface area (Å²) >= 11 is 0. The maximum Gasteiger partial charge on any atom is 0.206 e. The molecule has 0 radical (unpaired) electrons. The van der Waals surface area contributed by atoms with Crippen molar-refractivity contribution in [1.29, 1.82) is 0 Å². The Labute approximate surface area is 188 Å². The highest BCUT2D eigenvalue weighted by molar-refractivity contribution is 5.79. The summed E-state index contributed by atoms with van der Waals surface area (Å²) in [6.45, 7) is 5.27. The Hall–Kier alpha value is -3.42. The minimum atomic E-state index is 0.543. The van der Waals surface area contributed by atoms with Crippen LogP contribution in [0.3, 0.4) is 0 Å². The van der Waals surface area contributed by atoms with Gasteiger partial charge in [-0.25, -0.2) is 9.67 Å². The van der Waals surface area contributed by atoms with Crippen LogP contribution in [0.1, 0.15) is 56.7 Å². The molecule has 4 aromatic rings. The molecule has 0 saturated carbocycles. The van der Waals surface area contributed by atoms with Crippen molar-refractivity contribution in [3.05, 3.63) is 59.9 Å². The maximum absolute atomic E-state index is 4.81. The number of hydrogen-bond donors (Lipinski definition) is 1. The molecule has 3 heterocycles. The van der Waals surface area contributed by atoms with Crippen molar-refractivity contribution in [2.45, 2.75) is 65.3 Å². The second-order valence-corrected chi connectivity index (χ2v) is 7.98. The first-order valence-corrected chi connectivity index (χ1v) is 11.5. The van der Waals surface area contributed by atoms with E-state index in [1.165, 1.54) is 12.0 Å². The molecule has 1 N–H and O–H groups in total. The van der Waals surface area contributed by atoms with Gasteiger partial charge in [-0.15, -0.1) is 10.2 Å². The molecule has 0 aliphatic rings. The summed E-state index contributed by atoms with van der Waals surface area (Å²) in [4.78, 5) is 9.03. The highest BCUT2D eigenvalue weighted by atomic mass is 15.5. The molecular formula is C24H30N8. The summed E-state index contributed by atoms with van der Waals surface area (Å²) in [5, 5.41) is 19.2. The summed E-state index contributed by atoms with van der Waals surface area (Å²) < 4.78 is 2.12. The second-order valence-electron chi connectivity index (χ2n) is 7.98. The average molecular weight is 431 g/mol. The van der Waals surface area contributed by atoms with Crippen molar-refractivity contribution < 1.29 is 0 Å². The van der Waals surface area contributed by atoms with Crippen LogP contribution in [0, 0.1) is 0 Å². The molecule has 4 rings (SSSR count). The Bertz CT molecular complexity index is 1100. The number of nitrogens with zero attached hydrogens (tertiary/aromatic N) is 7. The zero-order valence-corrected chi connectivity index (χ0v) is 18.8. The number of aryl methyl sites for hydroxylation is 4. The van der Waals surface area contributed by atoms with Crippen molar-refractivity contribution in [3.8, 4) is 22.5 Å². The zero-order chi connectivity index (χ0) is 22.2. The first-order valence-electron chi connectivity index (χ1n) is 11.5. The molecule has 0 unspecified atom stereocenters. The van der Waals surface area contributed by atoms with Gasteiger partial charge in [0.15, 0.2) is 5.82 Å². The van der Waals surface area contributed by atoms with E-state index in [0.717, 1.165) is 73.4 Å². The summed E-state index contributed by atoms with van der Waals surface area (Å²) in [6, 6.07) is 10.6. The van der Waals surface area contributed by atoms with E-state index < -0.39 is 0 Å². The molecule has 0 bridgehead atoms. The van der Waals surface area contributed by atoms with Crippen LogP contribution in [0.2, 0.25) is 0 Å². The van der Waals surface area contributed by atoms with E-state index in [4.69, 9.17) is 10.1 Å². The van der Waals surface area contributed by atoms with E-state index in [-0.39, 0.29) is 0 Å². The van der Waals surface area contributed by atoms with Crippen LogP contribution in [0.15, 0.2) is 42.7 Å².